The molecule has 0 radical (unpaired) electrons. The number of barbiturate groups is 1. The normalized spacial score (nSPS) is 28.1. The molecule has 1 aliphatic heterocycles. The summed E-state index contributed by atoms with van der Waals surface area (Å²) in [7, 11) is 0. The molecule has 8 rings (SSSR count). The van der Waals surface area contributed by atoms with E-state index in [1.165, 1.54) is 53.2 Å². The maximum Gasteiger partial charge on any atom is 0.335 e. The third-order valence-electron chi connectivity index (χ3n) is 10.0. The summed E-state index contributed by atoms with van der Waals surface area (Å²) in [5.41, 5.74) is 6.89. The molecule has 4 amide bonds. The van der Waals surface area contributed by atoms with Crippen LogP contribution in [-0.4, -0.2) is 22.4 Å². The van der Waals surface area contributed by atoms with E-state index in [-0.39, 0.29) is 11.0 Å². The van der Waals surface area contributed by atoms with E-state index >= 15 is 0 Å². The van der Waals surface area contributed by atoms with Crippen LogP contribution in [0, 0.1) is 42.1 Å². The number of carbonyl (C=O) groups excluding carboxylic acids is 3. The number of aryl methyl sites for hydroxylation is 2. The summed E-state index contributed by atoms with van der Waals surface area (Å²) < 4.78 is 3.31. The lowest BCUT2D eigenvalue weighted by molar-refractivity contribution is -0.122. The van der Waals surface area contributed by atoms with Crippen LogP contribution >= 0.6 is 22.6 Å². The molecule has 210 valence electrons. The highest BCUT2D eigenvalue weighted by Crippen LogP contribution is 2.60. The second-order valence-corrected chi connectivity index (χ2v) is 14.0. The van der Waals surface area contributed by atoms with Gasteiger partial charge in [-0.3, -0.25) is 14.9 Å². The number of imide groups is 2. The lowest BCUT2D eigenvalue weighted by Crippen LogP contribution is -2.54. The molecule has 4 bridgehead atoms. The summed E-state index contributed by atoms with van der Waals surface area (Å²) in [6.07, 6.45) is 9.52. The van der Waals surface area contributed by atoms with E-state index in [0.29, 0.717) is 5.69 Å². The number of hydrogen-bond donors (Lipinski definition) is 1. The van der Waals surface area contributed by atoms with Gasteiger partial charge in [0, 0.05) is 20.6 Å². The van der Waals surface area contributed by atoms with Gasteiger partial charge in [0.15, 0.2) is 0 Å². The van der Waals surface area contributed by atoms with Gasteiger partial charge in [-0.15, -0.1) is 0 Å². The molecular weight excluding hydrogens is 625 g/mol. The van der Waals surface area contributed by atoms with Crippen LogP contribution in [0.5, 0.6) is 0 Å². The third kappa shape index (κ3) is 4.39. The molecule has 41 heavy (non-hydrogen) atoms. The Morgan fingerprint density at radius 1 is 0.854 bits per heavy atom. The first kappa shape index (κ1) is 26.7. The van der Waals surface area contributed by atoms with Crippen molar-refractivity contribution >= 4 is 52.2 Å². The smallest absolute Gasteiger partial charge is 0.318 e. The quantitative estimate of drug-likeness (QED) is 0.184. The van der Waals surface area contributed by atoms with Gasteiger partial charge >= 0.3 is 6.03 Å². The topological polar surface area (TPSA) is 71.4 Å². The van der Waals surface area contributed by atoms with E-state index in [2.05, 4.69) is 69.7 Å². The summed E-state index contributed by atoms with van der Waals surface area (Å²) in [4.78, 5) is 40.6. The van der Waals surface area contributed by atoms with Gasteiger partial charge in [0.1, 0.15) is 5.57 Å². The number of benzene rings is 2. The Morgan fingerprint density at radius 3 is 2.07 bits per heavy atom. The molecule has 2 aromatic carbocycles. The first-order chi connectivity index (χ1) is 19.6. The molecule has 6 nitrogen and oxygen atoms in total. The molecule has 1 aromatic heterocycles. The Hall–Kier alpha value is -3.20. The Morgan fingerprint density at radius 2 is 1.46 bits per heavy atom. The molecule has 3 aromatic rings. The highest BCUT2D eigenvalue weighted by atomic mass is 127. The first-order valence-electron chi connectivity index (χ1n) is 14.6. The van der Waals surface area contributed by atoms with Crippen LogP contribution in [0.25, 0.3) is 11.8 Å². The minimum absolute atomic E-state index is 0.0474. The van der Waals surface area contributed by atoms with Gasteiger partial charge in [0.05, 0.1) is 5.69 Å². The number of carbonyl (C=O) groups is 3. The van der Waals surface area contributed by atoms with E-state index in [9.17, 15) is 14.4 Å². The summed E-state index contributed by atoms with van der Waals surface area (Å²) >= 11 is 2.32. The monoisotopic (exact) mass is 659 g/mol. The molecule has 0 spiro atoms. The standard InChI is InChI=1S/C34H34IN3O3/c1-19-10-28(8-9-30(19)35)37-20(2)11-25(21(37)3)15-29-31(39)36-33(41)38(32(29)40)27-6-4-26(5-7-27)34-16-22-12-23(17-34)14-24(13-22)18-34/h4-11,15,22-24H,12-14,16-18H2,1-3H3,(H,36,39,41)/b29-15+. The molecule has 5 aliphatic rings. The molecule has 1 saturated heterocycles. The van der Waals surface area contributed by atoms with Crippen molar-refractivity contribution in [3.8, 4) is 5.69 Å². The van der Waals surface area contributed by atoms with Crippen LogP contribution in [0.15, 0.2) is 54.1 Å². The van der Waals surface area contributed by atoms with E-state index in [4.69, 9.17) is 0 Å². The molecule has 0 atom stereocenters. The number of anilines is 1. The number of nitrogens with zero attached hydrogens (tertiary/aromatic N) is 2. The zero-order valence-electron chi connectivity index (χ0n) is 23.7. The summed E-state index contributed by atoms with van der Waals surface area (Å²) in [5, 5.41) is 2.39. The average Bonchev–Trinajstić information content (AvgIpc) is 3.20. The Balaban J connectivity index is 1.19. The van der Waals surface area contributed by atoms with Crippen LogP contribution in [0.2, 0.25) is 0 Å². The van der Waals surface area contributed by atoms with Gasteiger partial charge in [0.2, 0.25) is 0 Å². The van der Waals surface area contributed by atoms with Gasteiger partial charge in [-0.05, 0) is 164 Å². The van der Waals surface area contributed by atoms with Crippen molar-refractivity contribution in [1.29, 1.82) is 0 Å². The number of urea groups is 1. The van der Waals surface area contributed by atoms with E-state index in [1.54, 1.807) is 6.08 Å². The molecule has 4 aliphatic carbocycles. The summed E-state index contributed by atoms with van der Waals surface area (Å²) in [6.45, 7) is 6.06. The van der Waals surface area contributed by atoms with Gasteiger partial charge < -0.3 is 4.57 Å². The SMILES string of the molecule is Cc1cc(-n2c(C)cc(/C=C3\C(=O)NC(=O)N(c4ccc(C56CC7CC(CC(C7)C5)C6)cc4)C3=O)c2C)ccc1I. The molecular formula is C34H34IN3O3. The second-order valence-electron chi connectivity index (χ2n) is 12.8. The third-order valence-corrected chi connectivity index (χ3v) is 11.3. The maximum atomic E-state index is 13.7. The van der Waals surface area contributed by atoms with Crippen LogP contribution in [0.4, 0.5) is 10.5 Å². The van der Waals surface area contributed by atoms with Crippen molar-refractivity contribution in [1.82, 2.24) is 9.88 Å². The minimum Gasteiger partial charge on any atom is -0.318 e. The van der Waals surface area contributed by atoms with Crippen LogP contribution in [0.1, 0.15) is 66.6 Å². The number of halogens is 1. The molecule has 5 fully saturated rings. The first-order valence-corrected chi connectivity index (χ1v) is 15.7. The number of aromatic nitrogens is 1. The molecule has 7 heteroatoms. The largest absolute Gasteiger partial charge is 0.335 e. The fraction of sp³-hybridized carbons (Fsp3) is 0.382. The Kier molecular flexibility index (Phi) is 6.30. The van der Waals surface area contributed by atoms with Crippen molar-refractivity contribution in [3.05, 3.63) is 85.8 Å². The van der Waals surface area contributed by atoms with Crippen molar-refractivity contribution in [2.45, 2.75) is 64.7 Å². The van der Waals surface area contributed by atoms with Crippen LogP contribution in [0.3, 0.4) is 0 Å². The molecule has 1 N–H and O–H groups in total. The number of hydrogen-bond acceptors (Lipinski definition) is 3. The zero-order chi connectivity index (χ0) is 28.6. The Bertz CT molecular complexity index is 1610. The van der Waals surface area contributed by atoms with Crippen molar-refractivity contribution in [2.75, 3.05) is 4.90 Å². The fourth-order valence-corrected chi connectivity index (χ4v) is 8.91. The number of rotatable bonds is 4. The summed E-state index contributed by atoms with van der Waals surface area (Å²) in [5.74, 6) is 1.25. The number of amides is 4. The van der Waals surface area contributed by atoms with Crippen LogP contribution in [-0.2, 0) is 15.0 Å². The lowest BCUT2D eigenvalue weighted by Gasteiger charge is -2.57. The zero-order valence-corrected chi connectivity index (χ0v) is 25.8. The molecule has 0 unspecified atom stereocenters. The predicted molar refractivity (Wildman–Crippen MR) is 168 cm³/mol. The number of nitrogens with one attached hydrogen (secondary N) is 1. The predicted octanol–water partition coefficient (Wildman–Crippen LogP) is 7.14. The van der Waals surface area contributed by atoms with E-state index < -0.39 is 17.8 Å². The van der Waals surface area contributed by atoms with Gasteiger partial charge in [-0.2, -0.15) is 0 Å². The fourth-order valence-electron chi connectivity index (χ4n) is 8.57. The highest BCUT2D eigenvalue weighted by Gasteiger charge is 2.51. The van der Waals surface area contributed by atoms with Gasteiger partial charge in [-0.1, -0.05) is 12.1 Å². The van der Waals surface area contributed by atoms with Crippen molar-refractivity contribution in [3.63, 3.8) is 0 Å². The molecule has 4 saturated carbocycles. The van der Waals surface area contributed by atoms with Crippen LogP contribution < -0.4 is 10.2 Å². The maximum absolute atomic E-state index is 13.7. The van der Waals surface area contributed by atoms with Gasteiger partial charge in [-0.25, -0.2) is 9.69 Å². The van der Waals surface area contributed by atoms with Crippen molar-refractivity contribution in [2.24, 2.45) is 17.8 Å². The van der Waals surface area contributed by atoms with Gasteiger partial charge in [0.25, 0.3) is 11.8 Å². The lowest BCUT2D eigenvalue weighted by atomic mass is 9.48. The minimum atomic E-state index is -0.709. The average molecular weight is 660 g/mol. The second kappa shape index (κ2) is 9.68. The van der Waals surface area contributed by atoms with E-state index in [1.807, 2.05) is 32.0 Å². The highest BCUT2D eigenvalue weighted by molar-refractivity contribution is 14.1. The molecule has 2 heterocycles. The summed E-state index contributed by atoms with van der Waals surface area (Å²) in [6, 6.07) is 15.5. The van der Waals surface area contributed by atoms with Crippen molar-refractivity contribution < 1.29 is 14.4 Å². The Labute approximate surface area is 254 Å². The van der Waals surface area contributed by atoms with E-state index in [0.717, 1.165) is 45.3 Å².